The highest BCUT2D eigenvalue weighted by Gasteiger charge is 2.28. The molecule has 4 aromatic rings. The molecule has 1 aliphatic rings. The maximum atomic E-state index is 12.8. The molecule has 1 aliphatic carbocycles. The fraction of sp³-hybridized carbons (Fsp3) is 0.409. The van der Waals surface area contributed by atoms with Crippen molar-refractivity contribution in [2.24, 2.45) is 5.92 Å². The average molecular weight is 439 g/mol. The Morgan fingerprint density at radius 1 is 1.13 bits per heavy atom. The van der Waals surface area contributed by atoms with Crippen molar-refractivity contribution >= 4 is 37.6 Å². The monoisotopic (exact) mass is 438 g/mol. The first-order chi connectivity index (χ1) is 15.0. The number of hydrogen-bond donors (Lipinski definition) is 2. The lowest BCUT2D eigenvalue weighted by atomic mass is 9.86. The largest absolute Gasteiger partial charge is 0.356 e. The van der Waals surface area contributed by atoms with Crippen molar-refractivity contribution < 1.29 is 8.42 Å². The Kier molecular flexibility index (Phi) is 5.13. The van der Waals surface area contributed by atoms with E-state index in [0.717, 1.165) is 59.0 Å². The van der Waals surface area contributed by atoms with E-state index in [-0.39, 0.29) is 17.4 Å². The molecule has 0 aliphatic heterocycles. The van der Waals surface area contributed by atoms with Gasteiger partial charge >= 0.3 is 0 Å². The lowest BCUT2D eigenvalue weighted by Gasteiger charge is -2.35. The van der Waals surface area contributed by atoms with Gasteiger partial charge in [-0.2, -0.15) is 5.10 Å². The number of H-pyrrole nitrogens is 2. The number of anilines is 1. The van der Waals surface area contributed by atoms with E-state index in [1.54, 1.807) is 12.5 Å². The molecular formula is C22H26N6O2S. The Balaban J connectivity index is 1.20. The highest BCUT2D eigenvalue weighted by Crippen LogP contribution is 2.32. The summed E-state index contributed by atoms with van der Waals surface area (Å²) in [6, 6.07) is 8.03. The third-order valence-electron chi connectivity index (χ3n) is 6.41. The number of fused-ring (bicyclic) bond motifs is 2. The van der Waals surface area contributed by atoms with Crippen LogP contribution in [0, 0.1) is 5.92 Å². The van der Waals surface area contributed by atoms with Crippen LogP contribution in [0.4, 0.5) is 5.82 Å². The maximum absolute atomic E-state index is 12.8. The molecule has 0 bridgehead atoms. The summed E-state index contributed by atoms with van der Waals surface area (Å²) in [5, 5.41) is 8.86. The highest BCUT2D eigenvalue weighted by atomic mass is 32.2. The zero-order chi connectivity index (χ0) is 21.4. The molecule has 3 heterocycles. The first-order valence-electron chi connectivity index (χ1n) is 10.6. The lowest BCUT2D eigenvalue weighted by Crippen LogP contribution is -2.37. The quantitative estimate of drug-likeness (QED) is 0.477. The third kappa shape index (κ3) is 4.14. The second-order valence-electron chi connectivity index (χ2n) is 8.57. The summed E-state index contributed by atoms with van der Waals surface area (Å²) in [4.78, 5) is 14.1. The van der Waals surface area contributed by atoms with Gasteiger partial charge in [0.25, 0.3) is 0 Å². The highest BCUT2D eigenvalue weighted by molar-refractivity contribution is 7.90. The molecule has 0 spiro atoms. The predicted octanol–water partition coefficient (Wildman–Crippen LogP) is 3.44. The topological polar surface area (TPSA) is 108 Å². The average Bonchev–Trinajstić information content (AvgIpc) is 3.42. The van der Waals surface area contributed by atoms with Crippen molar-refractivity contribution in [3.05, 3.63) is 48.5 Å². The molecule has 1 saturated carbocycles. The number of hydrogen-bond acceptors (Lipinski definition) is 6. The zero-order valence-electron chi connectivity index (χ0n) is 17.5. The summed E-state index contributed by atoms with van der Waals surface area (Å²) in [6.07, 6.45) is 8.95. The number of aromatic amines is 2. The van der Waals surface area contributed by atoms with Crippen LogP contribution in [0.3, 0.4) is 0 Å². The Morgan fingerprint density at radius 2 is 1.97 bits per heavy atom. The van der Waals surface area contributed by atoms with Crippen molar-refractivity contribution in [1.29, 1.82) is 0 Å². The number of sulfone groups is 1. The van der Waals surface area contributed by atoms with Gasteiger partial charge in [0.05, 0.1) is 28.6 Å². The summed E-state index contributed by atoms with van der Waals surface area (Å²) in [6.45, 7) is 0. The van der Waals surface area contributed by atoms with E-state index >= 15 is 0 Å². The summed E-state index contributed by atoms with van der Waals surface area (Å²) in [5.74, 6) is 1.48. The van der Waals surface area contributed by atoms with Gasteiger partial charge in [0.1, 0.15) is 17.8 Å². The number of aromatic nitrogens is 5. The maximum Gasteiger partial charge on any atom is 0.154 e. The molecule has 2 N–H and O–H groups in total. The molecular weight excluding hydrogens is 412 g/mol. The molecule has 0 atom stereocenters. The van der Waals surface area contributed by atoms with Gasteiger partial charge in [0, 0.05) is 24.7 Å². The van der Waals surface area contributed by atoms with Crippen molar-refractivity contribution in [2.75, 3.05) is 17.7 Å². The van der Waals surface area contributed by atoms with Crippen LogP contribution >= 0.6 is 0 Å². The van der Waals surface area contributed by atoms with E-state index in [1.807, 2.05) is 30.5 Å². The van der Waals surface area contributed by atoms with E-state index in [9.17, 15) is 8.42 Å². The van der Waals surface area contributed by atoms with Gasteiger partial charge in [-0.25, -0.2) is 18.4 Å². The molecule has 9 heteroatoms. The Bertz CT molecular complexity index is 1300. The molecule has 162 valence electrons. The van der Waals surface area contributed by atoms with Gasteiger partial charge in [-0.15, -0.1) is 0 Å². The number of benzene rings is 1. The Morgan fingerprint density at radius 3 is 2.81 bits per heavy atom. The smallest absolute Gasteiger partial charge is 0.154 e. The second kappa shape index (κ2) is 7.96. The summed E-state index contributed by atoms with van der Waals surface area (Å²) >= 11 is 0. The molecule has 31 heavy (non-hydrogen) atoms. The van der Waals surface area contributed by atoms with Crippen molar-refractivity contribution in [3.8, 4) is 0 Å². The molecule has 0 radical (unpaired) electrons. The number of nitrogens with one attached hydrogen (secondary N) is 2. The fourth-order valence-electron chi connectivity index (χ4n) is 4.77. The minimum Gasteiger partial charge on any atom is -0.356 e. The molecule has 1 aromatic carbocycles. The van der Waals surface area contributed by atoms with Gasteiger partial charge in [-0.1, -0.05) is 6.07 Å². The lowest BCUT2D eigenvalue weighted by molar-refractivity contribution is 0.340. The van der Waals surface area contributed by atoms with Crippen LogP contribution in [0.1, 0.15) is 31.2 Å². The van der Waals surface area contributed by atoms with Crippen molar-refractivity contribution in [1.82, 2.24) is 25.1 Å². The molecule has 8 nitrogen and oxygen atoms in total. The number of rotatable bonds is 6. The van der Waals surface area contributed by atoms with Gasteiger partial charge in [0.2, 0.25) is 0 Å². The minimum absolute atomic E-state index is 0.0837. The second-order valence-corrected chi connectivity index (χ2v) is 10.7. The molecule has 0 saturated heterocycles. The molecule has 0 amide bonds. The van der Waals surface area contributed by atoms with Crippen LogP contribution in [0.5, 0.6) is 0 Å². The zero-order valence-corrected chi connectivity index (χ0v) is 18.3. The van der Waals surface area contributed by atoms with E-state index in [0.29, 0.717) is 6.04 Å². The van der Waals surface area contributed by atoms with Crippen LogP contribution in [-0.2, 0) is 15.6 Å². The molecule has 3 aromatic heterocycles. The minimum atomic E-state index is -3.17. The van der Waals surface area contributed by atoms with Crippen LogP contribution in [0.15, 0.2) is 43.0 Å². The first-order valence-corrected chi connectivity index (χ1v) is 12.4. The number of nitrogens with zero attached hydrogens (tertiary/aromatic N) is 4. The molecule has 0 unspecified atom stereocenters. The van der Waals surface area contributed by atoms with Crippen molar-refractivity contribution in [2.45, 2.75) is 37.5 Å². The van der Waals surface area contributed by atoms with Gasteiger partial charge in [-0.05, 0) is 55.4 Å². The normalized spacial score (nSPS) is 19.8. The van der Waals surface area contributed by atoms with E-state index < -0.39 is 9.84 Å². The van der Waals surface area contributed by atoms with E-state index in [2.05, 4.69) is 37.1 Å². The van der Waals surface area contributed by atoms with Crippen molar-refractivity contribution in [3.63, 3.8) is 0 Å². The predicted molar refractivity (Wildman–Crippen MR) is 122 cm³/mol. The first kappa shape index (κ1) is 20.0. The summed E-state index contributed by atoms with van der Waals surface area (Å²) in [7, 11) is -1.09. The van der Waals surface area contributed by atoms with Crippen LogP contribution in [0.25, 0.3) is 21.9 Å². The third-order valence-corrected chi connectivity index (χ3v) is 8.16. The Hall–Kier alpha value is -2.94. The standard InChI is InChI=1S/C22H26N6O2S/c1-28(22-19-8-9-23-21(19)24-14-25-22)18-5-2-15(3-6-18)12-31(29,30)13-16-4-7-20-17(10-16)11-26-27-20/h4,7-11,14-15,18H,2-3,5-6,12-13H2,1H3,(H,26,27)(H,23,24,25). The van der Waals surface area contributed by atoms with Crippen LogP contribution < -0.4 is 4.90 Å². The van der Waals surface area contributed by atoms with Crippen LogP contribution in [-0.4, -0.2) is 52.4 Å². The molecule has 1 fully saturated rings. The molecule has 5 rings (SSSR count). The summed E-state index contributed by atoms with van der Waals surface area (Å²) in [5.41, 5.74) is 2.58. The van der Waals surface area contributed by atoms with Gasteiger partial charge in [0.15, 0.2) is 9.84 Å². The fourth-order valence-corrected chi connectivity index (χ4v) is 6.62. The Labute approximate surface area is 181 Å². The van der Waals surface area contributed by atoms with Gasteiger partial charge < -0.3 is 9.88 Å². The van der Waals surface area contributed by atoms with Gasteiger partial charge in [-0.3, -0.25) is 5.10 Å². The van der Waals surface area contributed by atoms with Crippen LogP contribution in [0.2, 0.25) is 0 Å². The van der Waals surface area contributed by atoms with E-state index in [1.165, 1.54) is 0 Å². The SMILES string of the molecule is CN(c1ncnc2[nH]ccc12)C1CCC(CS(=O)(=O)Cc2ccc3[nH]ncc3c2)CC1. The van der Waals surface area contributed by atoms with E-state index in [4.69, 9.17) is 0 Å². The summed E-state index contributed by atoms with van der Waals surface area (Å²) < 4.78 is 25.7.